The van der Waals surface area contributed by atoms with Gasteiger partial charge in [0.2, 0.25) is 25.1 Å². The van der Waals surface area contributed by atoms with Crippen LogP contribution in [0, 0.1) is 11.8 Å². The smallest absolute Gasteiger partial charge is 0.231 e. The van der Waals surface area contributed by atoms with Crippen LogP contribution < -0.4 is 28.4 Å². The third-order valence-electron chi connectivity index (χ3n) is 6.49. The summed E-state index contributed by atoms with van der Waals surface area (Å²) in [4.78, 5) is 0. The zero-order valence-corrected chi connectivity index (χ0v) is 17.9. The fourth-order valence-electron chi connectivity index (χ4n) is 4.86. The summed E-state index contributed by atoms with van der Waals surface area (Å²) < 4.78 is 40.8. The zero-order chi connectivity index (χ0) is 21.0. The number of rotatable bonds is 3. The van der Waals surface area contributed by atoms with Crippen LogP contribution in [0.4, 0.5) is 0 Å². The van der Waals surface area contributed by atoms with E-state index in [1.54, 1.807) is 21.3 Å². The molecule has 0 amide bonds. The van der Waals surface area contributed by atoms with Crippen molar-refractivity contribution in [3.05, 3.63) is 23.3 Å². The average Bonchev–Trinajstić information content (AvgIpc) is 3.40. The molecule has 160 valence electrons. The monoisotopic (exact) mass is 414 g/mol. The van der Waals surface area contributed by atoms with Gasteiger partial charge in [-0.25, -0.2) is 0 Å². The van der Waals surface area contributed by atoms with Crippen molar-refractivity contribution >= 4 is 0 Å². The first-order chi connectivity index (χ1) is 14.6. The Hall–Kier alpha value is -2.80. The zero-order valence-electron chi connectivity index (χ0n) is 17.9. The quantitative estimate of drug-likeness (QED) is 0.740. The summed E-state index contributed by atoms with van der Waals surface area (Å²) in [5.41, 5.74) is 3.91. The number of fused-ring (bicyclic) bond motifs is 5. The van der Waals surface area contributed by atoms with Gasteiger partial charge in [0.25, 0.3) is 0 Å². The molecule has 2 aromatic carbocycles. The molecule has 0 N–H and O–H groups in total. The van der Waals surface area contributed by atoms with Gasteiger partial charge in [0.1, 0.15) is 0 Å². The standard InChI is InChI=1S/C23H26O7/c1-11-6-13-7-15-20(29-9-27-15)22(25-4)17(13)18-14(19(24-3)12(11)2)8-16-21(23(18)26-5)30-10-28-16/h7-8,11-12,19H,6,9-10H2,1-5H3. The Morgan fingerprint density at radius 3 is 2.00 bits per heavy atom. The van der Waals surface area contributed by atoms with Gasteiger partial charge >= 0.3 is 0 Å². The molecule has 0 bridgehead atoms. The minimum atomic E-state index is -0.151. The molecule has 7 nitrogen and oxygen atoms in total. The first-order valence-electron chi connectivity index (χ1n) is 10.1. The molecular weight excluding hydrogens is 388 g/mol. The molecule has 3 atom stereocenters. The fraction of sp³-hybridized carbons (Fsp3) is 0.478. The number of ether oxygens (including phenoxy) is 7. The van der Waals surface area contributed by atoms with Gasteiger partial charge in [-0.1, -0.05) is 13.8 Å². The Morgan fingerprint density at radius 1 is 0.800 bits per heavy atom. The summed E-state index contributed by atoms with van der Waals surface area (Å²) in [6.45, 7) is 4.79. The topological polar surface area (TPSA) is 64.6 Å². The predicted molar refractivity (Wildman–Crippen MR) is 109 cm³/mol. The van der Waals surface area contributed by atoms with Gasteiger partial charge in [0, 0.05) is 18.2 Å². The number of benzene rings is 2. The largest absolute Gasteiger partial charge is 0.492 e. The normalized spacial score (nSPS) is 23.3. The summed E-state index contributed by atoms with van der Waals surface area (Å²) in [7, 11) is 5.03. The highest BCUT2D eigenvalue weighted by atomic mass is 16.7. The van der Waals surface area contributed by atoms with Crippen molar-refractivity contribution in [2.45, 2.75) is 26.4 Å². The maximum absolute atomic E-state index is 6.03. The van der Waals surface area contributed by atoms with Gasteiger partial charge in [0.15, 0.2) is 23.0 Å². The molecule has 0 spiro atoms. The molecule has 0 aromatic heterocycles. The van der Waals surface area contributed by atoms with Crippen LogP contribution in [-0.4, -0.2) is 34.9 Å². The molecule has 3 unspecified atom stereocenters. The van der Waals surface area contributed by atoms with Crippen molar-refractivity contribution in [3.8, 4) is 45.6 Å². The van der Waals surface area contributed by atoms with Crippen LogP contribution in [0.1, 0.15) is 31.1 Å². The van der Waals surface area contributed by atoms with E-state index in [4.69, 9.17) is 33.2 Å². The lowest BCUT2D eigenvalue weighted by molar-refractivity contribution is 0.0362. The molecule has 2 heterocycles. The van der Waals surface area contributed by atoms with E-state index in [1.807, 2.05) is 6.07 Å². The second-order valence-corrected chi connectivity index (χ2v) is 7.98. The molecule has 5 rings (SSSR count). The Balaban J connectivity index is 1.91. The average molecular weight is 414 g/mol. The van der Waals surface area contributed by atoms with E-state index in [0.717, 1.165) is 28.7 Å². The van der Waals surface area contributed by atoms with E-state index in [0.29, 0.717) is 40.4 Å². The van der Waals surface area contributed by atoms with Crippen LogP contribution >= 0.6 is 0 Å². The SMILES string of the molecule is COc1c2c(cc3c1-c1c(cc4c(c1OC)OCO4)C(OC)C(C)C(C)C3)OCO2. The van der Waals surface area contributed by atoms with E-state index >= 15 is 0 Å². The van der Waals surface area contributed by atoms with Crippen LogP contribution in [0.2, 0.25) is 0 Å². The highest BCUT2D eigenvalue weighted by Gasteiger charge is 2.39. The molecule has 0 saturated carbocycles. The first-order valence-corrected chi connectivity index (χ1v) is 10.1. The minimum absolute atomic E-state index is 0.151. The lowest BCUT2D eigenvalue weighted by atomic mass is 9.76. The van der Waals surface area contributed by atoms with Gasteiger partial charge in [-0.2, -0.15) is 0 Å². The van der Waals surface area contributed by atoms with Crippen LogP contribution in [0.25, 0.3) is 11.1 Å². The second kappa shape index (κ2) is 7.16. The Labute approximate surface area is 175 Å². The molecule has 2 aromatic rings. The van der Waals surface area contributed by atoms with Crippen LogP contribution in [-0.2, 0) is 11.2 Å². The molecule has 3 aliphatic rings. The van der Waals surface area contributed by atoms with Gasteiger partial charge in [0.05, 0.1) is 20.3 Å². The highest BCUT2D eigenvalue weighted by Crippen LogP contribution is 2.59. The third kappa shape index (κ3) is 2.61. The van der Waals surface area contributed by atoms with E-state index < -0.39 is 0 Å². The van der Waals surface area contributed by atoms with Gasteiger partial charge in [-0.05, 0) is 41.5 Å². The molecule has 7 heteroatoms. The number of methoxy groups -OCH3 is 3. The first kappa shape index (κ1) is 19.2. The predicted octanol–water partition coefficient (Wildman–Crippen LogP) is 4.34. The fourth-order valence-corrected chi connectivity index (χ4v) is 4.86. The number of hydrogen-bond acceptors (Lipinski definition) is 7. The molecule has 2 aliphatic heterocycles. The highest BCUT2D eigenvalue weighted by molar-refractivity contribution is 5.89. The second-order valence-electron chi connectivity index (χ2n) is 7.98. The summed E-state index contributed by atoms with van der Waals surface area (Å²) >= 11 is 0. The summed E-state index contributed by atoms with van der Waals surface area (Å²) in [6, 6.07) is 4.07. The van der Waals surface area contributed by atoms with Crippen molar-refractivity contribution in [2.24, 2.45) is 11.8 Å². The maximum Gasteiger partial charge on any atom is 0.231 e. The minimum Gasteiger partial charge on any atom is -0.492 e. The molecule has 0 saturated heterocycles. The maximum atomic E-state index is 6.03. The summed E-state index contributed by atoms with van der Waals surface area (Å²) in [6.07, 6.45) is 0.683. The van der Waals surface area contributed by atoms with Crippen molar-refractivity contribution in [1.82, 2.24) is 0 Å². The van der Waals surface area contributed by atoms with Crippen molar-refractivity contribution in [2.75, 3.05) is 34.9 Å². The van der Waals surface area contributed by atoms with Gasteiger partial charge in [-0.3, -0.25) is 0 Å². The molecule has 0 radical (unpaired) electrons. The third-order valence-corrected chi connectivity index (χ3v) is 6.49. The van der Waals surface area contributed by atoms with E-state index in [2.05, 4.69) is 19.9 Å². The molecular formula is C23H26O7. The Kier molecular flexibility index (Phi) is 4.58. The van der Waals surface area contributed by atoms with E-state index in [9.17, 15) is 0 Å². The van der Waals surface area contributed by atoms with E-state index in [1.165, 1.54) is 0 Å². The van der Waals surface area contributed by atoms with E-state index in [-0.39, 0.29) is 25.6 Å². The lowest BCUT2D eigenvalue weighted by Crippen LogP contribution is -2.24. The van der Waals surface area contributed by atoms with Crippen LogP contribution in [0.5, 0.6) is 34.5 Å². The Morgan fingerprint density at radius 2 is 1.40 bits per heavy atom. The van der Waals surface area contributed by atoms with Crippen molar-refractivity contribution in [3.63, 3.8) is 0 Å². The number of hydrogen-bond donors (Lipinski definition) is 0. The molecule has 30 heavy (non-hydrogen) atoms. The molecule has 1 aliphatic carbocycles. The lowest BCUT2D eigenvalue weighted by Gasteiger charge is -2.34. The summed E-state index contributed by atoms with van der Waals surface area (Å²) in [5.74, 6) is 4.42. The van der Waals surface area contributed by atoms with Gasteiger partial charge < -0.3 is 33.2 Å². The van der Waals surface area contributed by atoms with Gasteiger partial charge in [-0.15, -0.1) is 0 Å². The van der Waals surface area contributed by atoms with Crippen LogP contribution in [0.3, 0.4) is 0 Å². The van der Waals surface area contributed by atoms with Crippen LogP contribution in [0.15, 0.2) is 12.1 Å². The summed E-state index contributed by atoms with van der Waals surface area (Å²) in [5, 5.41) is 0. The Bertz CT molecular complexity index is 1000. The van der Waals surface area contributed by atoms with Crippen molar-refractivity contribution in [1.29, 1.82) is 0 Å². The molecule has 0 fully saturated rings. The van der Waals surface area contributed by atoms with Crippen molar-refractivity contribution < 1.29 is 33.2 Å².